The van der Waals surface area contributed by atoms with Crippen LogP contribution < -0.4 is 10.6 Å². The van der Waals surface area contributed by atoms with Crippen LogP contribution in [0.2, 0.25) is 0 Å². The van der Waals surface area contributed by atoms with Crippen LogP contribution in [0.3, 0.4) is 0 Å². The van der Waals surface area contributed by atoms with Gasteiger partial charge >= 0.3 is 12.1 Å². The Labute approximate surface area is 227 Å². The number of amides is 3. The number of nitrogens with zero attached hydrogens (tertiary/aromatic N) is 1. The number of carbonyl (C=O) groups excluding carboxylic acids is 4. The Balaban J connectivity index is 3.72. The van der Waals surface area contributed by atoms with E-state index >= 15 is 0 Å². The zero-order chi connectivity index (χ0) is 29.3. The zero-order valence-electron chi connectivity index (χ0n) is 24.1. The van der Waals surface area contributed by atoms with Crippen molar-refractivity contribution in [2.75, 3.05) is 13.7 Å². The molecule has 1 rings (SSSR count). The van der Waals surface area contributed by atoms with Crippen molar-refractivity contribution in [2.24, 2.45) is 5.92 Å². The molecule has 0 saturated carbocycles. The number of ether oxygens (including phenoxy) is 2. The van der Waals surface area contributed by atoms with Gasteiger partial charge < -0.3 is 25.0 Å². The standard InChI is InChI=1S/C29H43N3O6/c1-11-20-15-13-14-16-21(20)24(25(34)30-18-23(33)37-10)32(29(8,9)12-2)26(35)22(17-19(3)4)31-27(36)38-28(5,6)7/h1,13-16,19,22,24H,12,17-18H2,2-10H3,(H,30,34)(H,31,36). The summed E-state index contributed by atoms with van der Waals surface area (Å²) in [6.07, 6.45) is 5.82. The number of benzene rings is 1. The summed E-state index contributed by atoms with van der Waals surface area (Å²) in [7, 11) is 1.22. The zero-order valence-corrected chi connectivity index (χ0v) is 24.1. The van der Waals surface area contributed by atoms with Crippen molar-refractivity contribution < 1.29 is 28.7 Å². The molecule has 3 amide bonds. The highest BCUT2D eigenvalue weighted by atomic mass is 16.6. The predicted molar refractivity (Wildman–Crippen MR) is 146 cm³/mol. The molecule has 0 radical (unpaired) electrons. The molecule has 2 atom stereocenters. The summed E-state index contributed by atoms with van der Waals surface area (Å²) in [5, 5.41) is 5.29. The van der Waals surface area contributed by atoms with Gasteiger partial charge in [0, 0.05) is 11.1 Å². The topological polar surface area (TPSA) is 114 Å². The number of alkyl carbamates (subject to hydrolysis) is 1. The van der Waals surface area contributed by atoms with Crippen LogP contribution in [0, 0.1) is 18.3 Å². The molecule has 0 aliphatic heterocycles. The molecule has 1 aromatic carbocycles. The number of rotatable bonds is 11. The molecular weight excluding hydrogens is 486 g/mol. The molecule has 9 nitrogen and oxygen atoms in total. The number of methoxy groups -OCH3 is 1. The van der Waals surface area contributed by atoms with Crippen molar-refractivity contribution in [2.45, 2.75) is 91.5 Å². The van der Waals surface area contributed by atoms with Crippen molar-refractivity contribution in [3.8, 4) is 12.3 Å². The van der Waals surface area contributed by atoms with E-state index < -0.39 is 47.1 Å². The fourth-order valence-electron chi connectivity index (χ4n) is 3.85. The molecule has 0 bridgehead atoms. The summed E-state index contributed by atoms with van der Waals surface area (Å²) in [5.41, 5.74) is -0.764. The summed E-state index contributed by atoms with van der Waals surface area (Å²) in [5.74, 6) is 0.914. The molecular formula is C29H43N3O6. The maximum atomic E-state index is 14.3. The number of nitrogens with one attached hydrogen (secondary N) is 2. The molecule has 0 heterocycles. The fourth-order valence-corrected chi connectivity index (χ4v) is 3.85. The van der Waals surface area contributed by atoms with E-state index in [1.165, 1.54) is 12.0 Å². The van der Waals surface area contributed by atoms with E-state index in [0.717, 1.165) is 0 Å². The van der Waals surface area contributed by atoms with E-state index in [4.69, 9.17) is 11.2 Å². The molecule has 1 aromatic rings. The molecule has 0 aromatic heterocycles. The SMILES string of the molecule is C#Cc1ccccc1C(C(=O)NCC(=O)OC)N(C(=O)C(CC(C)C)NC(=O)OC(C)(C)C)C(C)(C)CC. The number of hydrogen-bond acceptors (Lipinski definition) is 6. The van der Waals surface area contributed by atoms with Gasteiger partial charge in [0.25, 0.3) is 0 Å². The lowest BCUT2D eigenvalue weighted by Crippen LogP contribution is -2.59. The van der Waals surface area contributed by atoms with Gasteiger partial charge in [0.2, 0.25) is 11.8 Å². The Morgan fingerprint density at radius 2 is 1.68 bits per heavy atom. The lowest BCUT2D eigenvalue weighted by Gasteiger charge is -2.45. The highest BCUT2D eigenvalue weighted by Gasteiger charge is 2.43. The highest BCUT2D eigenvalue weighted by Crippen LogP contribution is 2.34. The van der Waals surface area contributed by atoms with Gasteiger partial charge in [-0.25, -0.2) is 4.79 Å². The van der Waals surface area contributed by atoms with Crippen LogP contribution in [-0.4, -0.2) is 59.6 Å². The predicted octanol–water partition coefficient (Wildman–Crippen LogP) is 3.95. The van der Waals surface area contributed by atoms with E-state index in [0.29, 0.717) is 24.0 Å². The maximum absolute atomic E-state index is 14.3. The Kier molecular flexibility index (Phi) is 11.8. The quantitative estimate of drug-likeness (QED) is 0.331. The summed E-state index contributed by atoms with van der Waals surface area (Å²) in [6, 6.07) is 4.66. The Hall–Kier alpha value is -3.54. The third-order valence-corrected chi connectivity index (χ3v) is 6.00. The third kappa shape index (κ3) is 9.40. The normalized spacial score (nSPS) is 13.1. The summed E-state index contributed by atoms with van der Waals surface area (Å²) < 4.78 is 10.1. The third-order valence-electron chi connectivity index (χ3n) is 6.00. The van der Waals surface area contributed by atoms with E-state index in [1.54, 1.807) is 45.0 Å². The second-order valence-corrected chi connectivity index (χ2v) is 11.1. The molecule has 0 spiro atoms. The minimum absolute atomic E-state index is 0.0371. The van der Waals surface area contributed by atoms with Gasteiger partial charge in [0.15, 0.2) is 0 Å². The van der Waals surface area contributed by atoms with Crippen molar-refractivity contribution in [3.05, 3.63) is 35.4 Å². The van der Waals surface area contributed by atoms with Gasteiger partial charge in [-0.05, 0) is 65.0 Å². The minimum atomic E-state index is -1.19. The minimum Gasteiger partial charge on any atom is -0.468 e. The molecule has 0 aliphatic rings. The lowest BCUT2D eigenvalue weighted by atomic mass is 9.89. The smallest absolute Gasteiger partial charge is 0.408 e. The molecule has 2 unspecified atom stereocenters. The summed E-state index contributed by atoms with van der Waals surface area (Å²) in [6.45, 7) is 14.2. The first-order chi connectivity index (χ1) is 17.6. The highest BCUT2D eigenvalue weighted by molar-refractivity contribution is 5.94. The van der Waals surface area contributed by atoms with Crippen molar-refractivity contribution in [1.29, 1.82) is 0 Å². The Morgan fingerprint density at radius 3 is 2.18 bits per heavy atom. The van der Waals surface area contributed by atoms with Crippen molar-refractivity contribution in [3.63, 3.8) is 0 Å². The lowest BCUT2D eigenvalue weighted by molar-refractivity contribution is -0.150. The molecule has 210 valence electrons. The first-order valence-corrected chi connectivity index (χ1v) is 12.8. The van der Waals surface area contributed by atoms with Gasteiger partial charge in [-0.1, -0.05) is 44.9 Å². The van der Waals surface area contributed by atoms with Crippen molar-refractivity contribution in [1.82, 2.24) is 15.5 Å². The molecule has 9 heteroatoms. The largest absolute Gasteiger partial charge is 0.468 e. The van der Waals surface area contributed by atoms with E-state index in [9.17, 15) is 19.2 Å². The van der Waals surface area contributed by atoms with E-state index in [1.807, 2.05) is 34.6 Å². The van der Waals surface area contributed by atoms with Gasteiger partial charge in [0.1, 0.15) is 24.2 Å². The van der Waals surface area contributed by atoms with Crippen LogP contribution in [-0.2, 0) is 23.9 Å². The number of carbonyl (C=O) groups is 4. The molecule has 2 N–H and O–H groups in total. The first kappa shape index (κ1) is 32.5. The van der Waals surface area contributed by atoms with Crippen LogP contribution in [0.1, 0.15) is 85.4 Å². The van der Waals surface area contributed by atoms with Crippen LogP contribution in [0.25, 0.3) is 0 Å². The van der Waals surface area contributed by atoms with Crippen LogP contribution in [0.15, 0.2) is 24.3 Å². The Morgan fingerprint density at radius 1 is 1.08 bits per heavy atom. The van der Waals surface area contributed by atoms with Crippen LogP contribution in [0.4, 0.5) is 4.79 Å². The molecule has 38 heavy (non-hydrogen) atoms. The number of hydrogen-bond donors (Lipinski definition) is 2. The van der Waals surface area contributed by atoms with Crippen LogP contribution >= 0.6 is 0 Å². The van der Waals surface area contributed by atoms with Crippen molar-refractivity contribution >= 4 is 23.9 Å². The van der Waals surface area contributed by atoms with Gasteiger partial charge in [-0.2, -0.15) is 0 Å². The van der Waals surface area contributed by atoms with Gasteiger partial charge in [0.05, 0.1) is 7.11 Å². The monoisotopic (exact) mass is 529 g/mol. The number of terminal acetylenes is 1. The van der Waals surface area contributed by atoms with E-state index in [2.05, 4.69) is 21.3 Å². The maximum Gasteiger partial charge on any atom is 0.408 e. The fraction of sp³-hybridized carbons (Fsp3) is 0.586. The molecule has 0 fully saturated rings. The van der Waals surface area contributed by atoms with Gasteiger partial charge in [-0.15, -0.1) is 6.42 Å². The van der Waals surface area contributed by atoms with E-state index in [-0.39, 0.29) is 12.5 Å². The van der Waals surface area contributed by atoms with Gasteiger partial charge in [-0.3, -0.25) is 14.4 Å². The average Bonchev–Trinajstić information content (AvgIpc) is 2.83. The second-order valence-electron chi connectivity index (χ2n) is 11.1. The Bertz CT molecular complexity index is 1040. The number of esters is 1. The average molecular weight is 530 g/mol. The molecule has 0 saturated heterocycles. The van der Waals surface area contributed by atoms with Crippen LogP contribution in [0.5, 0.6) is 0 Å². The first-order valence-electron chi connectivity index (χ1n) is 12.8. The summed E-state index contributed by atoms with van der Waals surface area (Å²) >= 11 is 0. The molecule has 0 aliphatic carbocycles. The summed E-state index contributed by atoms with van der Waals surface area (Å²) in [4.78, 5) is 54.0. The second kappa shape index (κ2) is 13.8.